The third-order valence-corrected chi connectivity index (χ3v) is 7.05. The number of amides is 1. The van der Waals surface area contributed by atoms with E-state index in [0.717, 1.165) is 33.6 Å². The molecule has 37 heavy (non-hydrogen) atoms. The summed E-state index contributed by atoms with van der Waals surface area (Å²) >= 11 is 1.66. The molecule has 3 aromatic carbocycles. The maximum atomic E-state index is 12.9. The Bertz CT molecular complexity index is 1300. The van der Waals surface area contributed by atoms with Gasteiger partial charge in [0.15, 0.2) is 0 Å². The molecule has 190 valence electrons. The molecule has 1 amide bonds. The molecule has 0 saturated carbocycles. The summed E-state index contributed by atoms with van der Waals surface area (Å²) in [6.45, 7) is 2.89. The molecule has 1 heterocycles. The van der Waals surface area contributed by atoms with Gasteiger partial charge in [-0.3, -0.25) is 9.59 Å². The minimum Gasteiger partial charge on any atom is -0.493 e. The van der Waals surface area contributed by atoms with E-state index in [2.05, 4.69) is 11.4 Å². The van der Waals surface area contributed by atoms with E-state index < -0.39 is 11.9 Å². The molecule has 1 atom stereocenters. The van der Waals surface area contributed by atoms with E-state index in [4.69, 9.17) is 4.74 Å². The largest absolute Gasteiger partial charge is 0.493 e. The lowest BCUT2D eigenvalue weighted by Crippen LogP contribution is -2.23. The first-order chi connectivity index (χ1) is 18.0. The quantitative estimate of drug-likeness (QED) is 0.223. The molecule has 0 radical (unpaired) electrons. The van der Waals surface area contributed by atoms with Crippen LogP contribution in [0.1, 0.15) is 40.4 Å². The van der Waals surface area contributed by atoms with Crippen LogP contribution in [0.5, 0.6) is 5.75 Å². The molecule has 0 aliphatic rings. The van der Waals surface area contributed by atoms with Crippen molar-refractivity contribution in [1.29, 1.82) is 0 Å². The van der Waals surface area contributed by atoms with Crippen molar-refractivity contribution in [2.24, 2.45) is 5.92 Å². The molecule has 0 spiro atoms. The fourth-order valence-corrected chi connectivity index (χ4v) is 4.92. The lowest BCUT2D eigenvalue weighted by Gasteiger charge is -2.16. The first-order valence-electron chi connectivity index (χ1n) is 12.5. The molecule has 0 bridgehead atoms. The second kappa shape index (κ2) is 12.9. The highest BCUT2D eigenvalue weighted by molar-refractivity contribution is 7.13. The van der Waals surface area contributed by atoms with Gasteiger partial charge in [0.2, 0.25) is 0 Å². The Morgan fingerprint density at radius 2 is 1.68 bits per heavy atom. The first kappa shape index (κ1) is 26.2. The zero-order valence-electron chi connectivity index (χ0n) is 20.9. The average Bonchev–Trinajstić information content (AvgIpc) is 3.46. The standard InChI is InChI=1S/C31H31NO4S/c1-2-16-36-28-15-10-23(19-26(31(34)35)18-22-7-4-3-5-8-22)20-27(28)21-32-30(33)25-13-11-24(12-14-25)29-9-6-17-37-29/h3-15,17,20,26H,2,16,18-19,21H2,1H3,(H,32,33)(H,34,35)/t26-/m1/s1. The van der Waals surface area contributed by atoms with E-state index in [1.807, 2.05) is 91.2 Å². The monoisotopic (exact) mass is 513 g/mol. The molecule has 1 aromatic heterocycles. The normalized spacial score (nSPS) is 11.6. The smallest absolute Gasteiger partial charge is 0.307 e. The van der Waals surface area contributed by atoms with Crippen LogP contribution in [-0.4, -0.2) is 23.6 Å². The molecule has 0 saturated heterocycles. The number of carbonyl (C=O) groups is 2. The van der Waals surface area contributed by atoms with Crippen molar-refractivity contribution < 1.29 is 19.4 Å². The topological polar surface area (TPSA) is 75.6 Å². The van der Waals surface area contributed by atoms with Gasteiger partial charge in [-0.25, -0.2) is 0 Å². The zero-order valence-corrected chi connectivity index (χ0v) is 21.7. The van der Waals surface area contributed by atoms with Crippen molar-refractivity contribution in [3.63, 3.8) is 0 Å². The Kier molecular flexibility index (Phi) is 9.11. The molecule has 0 aliphatic carbocycles. The SMILES string of the molecule is CCCOc1ccc(C[C@@H](Cc2ccccc2)C(=O)O)cc1CNC(=O)c1ccc(-c2cccs2)cc1. The molecule has 4 rings (SSSR count). The molecular weight excluding hydrogens is 482 g/mol. The van der Waals surface area contributed by atoms with Gasteiger partial charge in [0, 0.05) is 22.5 Å². The van der Waals surface area contributed by atoms with Crippen molar-refractivity contribution in [1.82, 2.24) is 5.32 Å². The Morgan fingerprint density at radius 1 is 0.919 bits per heavy atom. The summed E-state index contributed by atoms with van der Waals surface area (Å²) in [6.07, 6.45) is 1.71. The number of hydrogen-bond donors (Lipinski definition) is 2. The third kappa shape index (κ3) is 7.30. The Morgan fingerprint density at radius 3 is 2.35 bits per heavy atom. The summed E-state index contributed by atoms with van der Waals surface area (Å²) in [7, 11) is 0. The highest BCUT2D eigenvalue weighted by atomic mass is 32.1. The van der Waals surface area contributed by atoms with Gasteiger partial charge in [-0.15, -0.1) is 11.3 Å². The summed E-state index contributed by atoms with van der Waals surface area (Å²) in [5.74, 6) is -0.837. The number of benzene rings is 3. The maximum Gasteiger partial charge on any atom is 0.307 e. The Labute approximate surface area is 221 Å². The Hall–Kier alpha value is -3.90. The van der Waals surface area contributed by atoms with Gasteiger partial charge in [-0.05, 0) is 65.6 Å². The van der Waals surface area contributed by atoms with Gasteiger partial charge in [0.25, 0.3) is 5.91 Å². The van der Waals surface area contributed by atoms with Gasteiger partial charge >= 0.3 is 5.97 Å². The number of thiophene rings is 1. The van der Waals surface area contributed by atoms with Crippen LogP contribution in [0.4, 0.5) is 0 Å². The van der Waals surface area contributed by atoms with Gasteiger partial charge in [0.05, 0.1) is 12.5 Å². The molecule has 6 heteroatoms. The van der Waals surface area contributed by atoms with E-state index in [-0.39, 0.29) is 12.5 Å². The summed E-state index contributed by atoms with van der Waals surface area (Å²) < 4.78 is 5.92. The van der Waals surface area contributed by atoms with Crippen LogP contribution < -0.4 is 10.1 Å². The molecule has 0 fully saturated rings. The van der Waals surface area contributed by atoms with Crippen molar-refractivity contribution >= 4 is 23.2 Å². The maximum absolute atomic E-state index is 12.9. The number of ether oxygens (including phenoxy) is 1. The van der Waals surface area contributed by atoms with E-state index in [1.54, 1.807) is 11.3 Å². The summed E-state index contributed by atoms with van der Waals surface area (Å²) in [4.78, 5) is 26.0. The second-order valence-corrected chi connectivity index (χ2v) is 9.90. The number of carboxylic acid groups (broad SMARTS) is 1. The molecule has 2 N–H and O–H groups in total. The molecular formula is C31H31NO4S. The number of hydrogen-bond acceptors (Lipinski definition) is 4. The van der Waals surface area contributed by atoms with E-state index >= 15 is 0 Å². The van der Waals surface area contributed by atoms with Gasteiger partial charge in [-0.2, -0.15) is 0 Å². The van der Waals surface area contributed by atoms with Crippen LogP contribution in [0.2, 0.25) is 0 Å². The van der Waals surface area contributed by atoms with Crippen molar-refractivity contribution in [3.8, 4) is 16.2 Å². The van der Waals surface area contributed by atoms with Crippen LogP contribution in [0.15, 0.2) is 90.3 Å². The minimum atomic E-state index is -0.823. The lowest BCUT2D eigenvalue weighted by atomic mass is 9.92. The fourth-order valence-electron chi connectivity index (χ4n) is 4.19. The summed E-state index contributed by atoms with van der Waals surface area (Å²) in [6, 6.07) is 27.0. The number of rotatable bonds is 12. The number of nitrogens with one attached hydrogen (secondary N) is 1. The lowest BCUT2D eigenvalue weighted by molar-refractivity contribution is -0.141. The van der Waals surface area contributed by atoms with Crippen LogP contribution in [-0.2, 0) is 24.2 Å². The van der Waals surface area contributed by atoms with Crippen LogP contribution in [0.3, 0.4) is 0 Å². The molecule has 4 aromatic rings. The second-order valence-electron chi connectivity index (χ2n) is 8.96. The van der Waals surface area contributed by atoms with Gasteiger partial charge in [0.1, 0.15) is 5.75 Å². The van der Waals surface area contributed by atoms with Crippen molar-refractivity contribution in [2.45, 2.75) is 32.7 Å². The molecule has 0 unspecified atom stereocenters. The highest BCUT2D eigenvalue weighted by Crippen LogP contribution is 2.26. The summed E-state index contributed by atoms with van der Waals surface area (Å²) in [5.41, 5.74) is 4.39. The highest BCUT2D eigenvalue weighted by Gasteiger charge is 2.20. The van der Waals surface area contributed by atoms with Crippen LogP contribution in [0.25, 0.3) is 10.4 Å². The van der Waals surface area contributed by atoms with Crippen LogP contribution in [0, 0.1) is 5.92 Å². The number of carboxylic acids is 1. The third-order valence-electron chi connectivity index (χ3n) is 6.14. The van der Waals surface area contributed by atoms with E-state index in [0.29, 0.717) is 30.8 Å². The molecule has 0 aliphatic heterocycles. The van der Waals surface area contributed by atoms with Crippen molar-refractivity contribution in [2.75, 3.05) is 6.61 Å². The van der Waals surface area contributed by atoms with Gasteiger partial charge in [-0.1, -0.05) is 67.6 Å². The predicted octanol–water partition coefficient (Wildman–Crippen LogP) is 6.62. The van der Waals surface area contributed by atoms with Gasteiger partial charge < -0.3 is 15.2 Å². The first-order valence-corrected chi connectivity index (χ1v) is 13.3. The average molecular weight is 514 g/mol. The minimum absolute atomic E-state index is 0.169. The van der Waals surface area contributed by atoms with E-state index in [9.17, 15) is 14.7 Å². The molecule has 5 nitrogen and oxygen atoms in total. The number of aliphatic carboxylic acids is 1. The zero-order chi connectivity index (χ0) is 26.0. The van der Waals surface area contributed by atoms with Crippen molar-refractivity contribution in [3.05, 3.63) is 113 Å². The predicted molar refractivity (Wildman–Crippen MR) is 148 cm³/mol. The van der Waals surface area contributed by atoms with Crippen LogP contribution >= 0.6 is 11.3 Å². The van der Waals surface area contributed by atoms with E-state index in [1.165, 1.54) is 0 Å². The number of carbonyl (C=O) groups excluding carboxylic acids is 1. The Balaban J connectivity index is 1.46. The fraction of sp³-hybridized carbons (Fsp3) is 0.226. The summed E-state index contributed by atoms with van der Waals surface area (Å²) in [5, 5.41) is 14.9.